The minimum Gasteiger partial charge on any atom is -0.355 e. The molecule has 2 heterocycles. The Morgan fingerprint density at radius 2 is 2.30 bits per heavy atom. The SMILES string of the molecule is CCCCNC(=O)CSc1nnc(-c2cccnc2)n1C1CC1. The maximum Gasteiger partial charge on any atom is 0.230 e. The van der Waals surface area contributed by atoms with E-state index in [1.807, 2.05) is 12.1 Å². The van der Waals surface area contributed by atoms with Crippen molar-refractivity contribution < 1.29 is 4.79 Å². The second-order valence-electron chi connectivity index (χ2n) is 5.64. The number of rotatable bonds is 8. The van der Waals surface area contributed by atoms with E-state index >= 15 is 0 Å². The summed E-state index contributed by atoms with van der Waals surface area (Å²) in [6.07, 6.45) is 7.92. The molecule has 0 saturated heterocycles. The van der Waals surface area contributed by atoms with E-state index in [1.165, 1.54) is 11.8 Å². The van der Waals surface area contributed by atoms with Gasteiger partial charge in [0.1, 0.15) is 0 Å². The Morgan fingerprint density at radius 3 is 3.00 bits per heavy atom. The van der Waals surface area contributed by atoms with E-state index in [0.717, 1.165) is 48.8 Å². The van der Waals surface area contributed by atoms with Gasteiger partial charge in [-0.2, -0.15) is 0 Å². The third-order valence-electron chi connectivity index (χ3n) is 3.68. The molecule has 0 unspecified atom stereocenters. The van der Waals surface area contributed by atoms with E-state index in [-0.39, 0.29) is 5.91 Å². The molecule has 0 aliphatic heterocycles. The van der Waals surface area contributed by atoms with Gasteiger partial charge in [-0.3, -0.25) is 14.3 Å². The van der Waals surface area contributed by atoms with Crippen molar-refractivity contribution in [3.05, 3.63) is 24.5 Å². The topological polar surface area (TPSA) is 72.7 Å². The molecule has 0 radical (unpaired) electrons. The number of hydrogen-bond acceptors (Lipinski definition) is 5. The molecule has 0 bridgehead atoms. The Balaban J connectivity index is 1.68. The van der Waals surface area contributed by atoms with Gasteiger partial charge in [-0.25, -0.2) is 0 Å². The predicted octanol–water partition coefficient (Wildman–Crippen LogP) is 2.68. The smallest absolute Gasteiger partial charge is 0.230 e. The van der Waals surface area contributed by atoms with Crippen molar-refractivity contribution in [1.29, 1.82) is 0 Å². The summed E-state index contributed by atoms with van der Waals surface area (Å²) in [6, 6.07) is 4.34. The van der Waals surface area contributed by atoms with Gasteiger partial charge < -0.3 is 5.32 Å². The van der Waals surface area contributed by atoms with Gasteiger partial charge in [0, 0.05) is 30.5 Å². The number of nitrogens with zero attached hydrogens (tertiary/aromatic N) is 4. The minimum absolute atomic E-state index is 0.0525. The molecule has 0 aromatic carbocycles. The average molecular weight is 331 g/mol. The van der Waals surface area contributed by atoms with E-state index in [4.69, 9.17) is 0 Å². The first-order valence-corrected chi connectivity index (χ1v) is 9.03. The zero-order valence-electron chi connectivity index (χ0n) is 13.2. The summed E-state index contributed by atoms with van der Waals surface area (Å²) in [5.41, 5.74) is 0.964. The van der Waals surface area contributed by atoms with Crippen LogP contribution in [0.25, 0.3) is 11.4 Å². The lowest BCUT2D eigenvalue weighted by molar-refractivity contribution is -0.118. The number of aromatic nitrogens is 4. The van der Waals surface area contributed by atoms with Crippen LogP contribution in [0.1, 0.15) is 38.6 Å². The summed E-state index contributed by atoms with van der Waals surface area (Å²) in [7, 11) is 0. The van der Waals surface area contributed by atoms with Crippen molar-refractivity contribution >= 4 is 17.7 Å². The fraction of sp³-hybridized carbons (Fsp3) is 0.500. The number of pyridine rings is 1. The van der Waals surface area contributed by atoms with Crippen LogP contribution >= 0.6 is 11.8 Å². The Bertz CT molecular complexity index is 654. The summed E-state index contributed by atoms with van der Waals surface area (Å²) in [4.78, 5) is 16.0. The molecule has 1 N–H and O–H groups in total. The Labute approximate surface area is 140 Å². The van der Waals surface area contributed by atoms with Crippen molar-refractivity contribution in [2.24, 2.45) is 0 Å². The normalized spacial score (nSPS) is 14.0. The van der Waals surface area contributed by atoms with Crippen molar-refractivity contribution in [3.8, 4) is 11.4 Å². The summed E-state index contributed by atoms with van der Waals surface area (Å²) >= 11 is 1.45. The number of hydrogen-bond donors (Lipinski definition) is 1. The largest absolute Gasteiger partial charge is 0.355 e. The fourth-order valence-electron chi connectivity index (χ4n) is 2.31. The van der Waals surface area contributed by atoms with Gasteiger partial charge in [-0.15, -0.1) is 10.2 Å². The van der Waals surface area contributed by atoms with Crippen molar-refractivity contribution in [3.63, 3.8) is 0 Å². The molecule has 7 heteroatoms. The standard InChI is InChI=1S/C16H21N5OS/c1-2-3-9-18-14(22)11-23-16-20-19-15(21(16)13-6-7-13)12-5-4-8-17-10-12/h4-5,8,10,13H,2-3,6-7,9,11H2,1H3,(H,18,22). The molecule has 1 amide bonds. The van der Waals surface area contributed by atoms with E-state index in [0.29, 0.717) is 11.8 Å². The van der Waals surface area contributed by atoms with Crippen LogP contribution in [-0.4, -0.2) is 38.0 Å². The van der Waals surface area contributed by atoms with Crippen LogP contribution in [0.3, 0.4) is 0 Å². The number of thioether (sulfide) groups is 1. The average Bonchev–Trinajstić information content (AvgIpc) is 3.33. The number of unbranched alkanes of at least 4 members (excludes halogenated alkanes) is 1. The highest BCUT2D eigenvalue weighted by molar-refractivity contribution is 7.99. The highest BCUT2D eigenvalue weighted by Gasteiger charge is 2.30. The quantitative estimate of drug-likeness (QED) is 0.595. The van der Waals surface area contributed by atoms with Gasteiger partial charge in [-0.05, 0) is 31.4 Å². The molecule has 0 spiro atoms. The maximum atomic E-state index is 11.9. The number of carbonyl (C=O) groups excluding carboxylic acids is 1. The molecule has 3 rings (SSSR count). The lowest BCUT2D eigenvalue weighted by atomic mass is 10.3. The molecule has 1 aliphatic carbocycles. The molecule has 122 valence electrons. The molecule has 23 heavy (non-hydrogen) atoms. The van der Waals surface area contributed by atoms with Gasteiger partial charge >= 0.3 is 0 Å². The van der Waals surface area contributed by atoms with Gasteiger partial charge in [0.2, 0.25) is 5.91 Å². The highest BCUT2D eigenvalue weighted by atomic mass is 32.2. The molecule has 1 fully saturated rings. The first-order valence-electron chi connectivity index (χ1n) is 8.04. The molecular formula is C16H21N5OS. The fourth-order valence-corrected chi connectivity index (χ4v) is 3.15. The second kappa shape index (κ2) is 7.59. The van der Waals surface area contributed by atoms with E-state index in [9.17, 15) is 4.79 Å². The first kappa shape index (κ1) is 16.0. The molecule has 1 saturated carbocycles. The predicted molar refractivity (Wildman–Crippen MR) is 90.2 cm³/mol. The van der Waals surface area contributed by atoms with Crippen LogP contribution in [0, 0.1) is 0 Å². The number of nitrogens with one attached hydrogen (secondary N) is 1. The Hall–Kier alpha value is -1.89. The van der Waals surface area contributed by atoms with Gasteiger partial charge in [0.05, 0.1) is 5.75 Å². The van der Waals surface area contributed by atoms with Gasteiger partial charge in [0.25, 0.3) is 0 Å². The monoisotopic (exact) mass is 331 g/mol. The van der Waals surface area contributed by atoms with E-state index < -0.39 is 0 Å². The molecular weight excluding hydrogens is 310 g/mol. The van der Waals surface area contributed by atoms with Gasteiger partial charge in [0.15, 0.2) is 11.0 Å². The zero-order valence-corrected chi connectivity index (χ0v) is 14.1. The molecule has 1 aliphatic rings. The van der Waals surface area contributed by atoms with E-state index in [2.05, 4.69) is 32.0 Å². The third kappa shape index (κ3) is 4.10. The van der Waals surface area contributed by atoms with E-state index in [1.54, 1.807) is 12.4 Å². The lowest BCUT2D eigenvalue weighted by Crippen LogP contribution is -2.26. The Kier molecular flexibility index (Phi) is 5.27. The van der Waals surface area contributed by atoms with Crippen LogP contribution in [0.2, 0.25) is 0 Å². The molecule has 2 aromatic heterocycles. The summed E-state index contributed by atoms with van der Waals surface area (Å²) in [6.45, 7) is 2.85. The molecule has 6 nitrogen and oxygen atoms in total. The molecule has 2 aromatic rings. The van der Waals surface area contributed by atoms with Crippen LogP contribution in [0.4, 0.5) is 0 Å². The lowest BCUT2D eigenvalue weighted by Gasteiger charge is -2.08. The summed E-state index contributed by atoms with van der Waals surface area (Å²) in [5.74, 6) is 1.27. The number of amides is 1. The van der Waals surface area contributed by atoms with Crippen LogP contribution in [0.15, 0.2) is 29.7 Å². The third-order valence-corrected chi connectivity index (χ3v) is 4.62. The maximum absolute atomic E-state index is 11.9. The van der Waals surface area contributed by atoms with Gasteiger partial charge in [-0.1, -0.05) is 25.1 Å². The van der Waals surface area contributed by atoms with Crippen molar-refractivity contribution in [2.45, 2.75) is 43.8 Å². The number of carbonyl (C=O) groups is 1. The summed E-state index contributed by atoms with van der Waals surface area (Å²) in [5, 5.41) is 12.4. The van der Waals surface area contributed by atoms with Crippen molar-refractivity contribution in [1.82, 2.24) is 25.1 Å². The van der Waals surface area contributed by atoms with Crippen LogP contribution in [-0.2, 0) is 4.79 Å². The minimum atomic E-state index is 0.0525. The van der Waals surface area contributed by atoms with Crippen molar-refractivity contribution in [2.75, 3.05) is 12.3 Å². The van der Waals surface area contributed by atoms with Crippen LogP contribution < -0.4 is 5.32 Å². The Morgan fingerprint density at radius 1 is 1.43 bits per heavy atom. The zero-order chi connectivity index (χ0) is 16.1. The second-order valence-corrected chi connectivity index (χ2v) is 6.58. The van der Waals surface area contributed by atoms with Crippen LogP contribution in [0.5, 0.6) is 0 Å². The summed E-state index contributed by atoms with van der Waals surface area (Å²) < 4.78 is 2.15. The first-order chi connectivity index (χ1) is 11.3. The molecule has 0 atom stereocenters. The highest BCUT2D eigenvalue weighted by Crippen LogP contribution is 2.40.